The molecular weight excluding hydrogens is 264 g/mol. The van der Waals surface area contributed by atoms with Crippen molar-refractivity contribution >= 4 is 11.9 Å². The number of hydrogen-bond acceptors (Lipinski definition) is 5. The van der Waals surface area contributed by atoms with Gasteiger partial charge >= 0.3 is 5.97 Å². The van der Waals surface area contributed by atoms with Gasteiger partial charge in [-0.15, -0.1) is 0 Å². The van der Waals surface area contributed by atoms with E-state index in [-0.39, 0.29) is 18.0 Å². The van der Waals surface area contributed by atoms with E-state index in [4.69, 9.17) is 9.84 Å². The lowest BCUT2D eigenvalue weighted by Crippen LogP contribution is -2.23. The minimum atomic E-state index is -1.27. The summed E-state index contributed by atoms with van der Waals surface area (Å²) in [7, 11) is 1.57. The van der Waals surface area contributed by atoms with Crippen LogP contribution in [-0.2, 0) is 6.54 Å². The first-order valence-electron chi connectivity index (χ1n) is 5.71. The molecule has 0 saturated carbocycles. The number of nitrogens with one attached hydrogen (secondary N) is 1. The van der Waals surface area contributed by atoms with E-state index in [1.165, 1.54) is 0 Å². The number of benzene rings is 1. The fourth-order valence-electron chi connectivity index (χ4n) is 1.50. The number of ether oxygens (including phenoxy) is 1. The molecule has 0 aliphatic rings. The van der Waals surface area contributed by atoms with Crippen molar-refractivity contribution < 1.29 is 24.0 Å². The van der Waals surface area contributed by atoms with E-state index < -0.39 is 11.9 Å². The predicted octanol–water partition coefficient (Wildman–Crippen LogP) is 1.31. The zero-order valence-electron chi connectivity index (χ0n) is 10.6. The van der Waals surface area contributed by atoms with Crippen molar-refractivity contribution in [2.24, 2.45) is 0 Å². The Kier molecular flexibility index (Phi) is 3.99. The predicted molar refractivity (Wildman–Crippen MR) is 67.6 cm³/mol. The number of amides is 1. The summed E-state index contributed by atoms with van der Waals surface area (Å²) in [6.07, 6.45) is 0. The van der Waals surface area contributed by atoms with E-state index in [2.05, 4.69) is 15.0 Å². The molecule has 0 spiro atoms. The van der Waals surface area contributed by atoms with Gasteiger partial charge in [0.05, 0.1) is 7.11 Å². The van der Waals surface area contributed by atoms with Crippen LogP contribution in [0, 0.1) is 0 Å². The van der Waals surface area contributed by atoms with Crippen LogP contribution in [0.3, 0.4) is 0 Å². The monoisotopic (exact) mass is 276 g/mol. The lowest BCUT2D eigenvalue weighted by Gasteiger charge is -2.04. The molecule has 0 aliphatic carbocycles. The van der Waals surface area contributed by atoms with Crippen LogP contribution in [-0.4, -0.2) is 29.2 Å². The summed E-state index contributed by atoms with van der Waals surface area (Å²) in [5, 5.41) is 14.7. The molecule has 1 heterocycles. The maximum Gasteiger partial charge on any atom is 0.374 e. The SMILES string of the molecule is COc1ccc(CNC(=O)c2cc(C(=O)O)on2)cc1. The van der Waals surface area contributed by atoms with Crippen LogP contribution in [0.15, 0.2) is 34.9 Å². The molecule has 2 aromatic rings. The number of carboxylic acids is 1. The van der Waals surface area contributed by atoms with Crippen LogP contribution >= 0.6 is 0 Å². The second-order valence-corrected chi connectivity index (χ2v) is 3.91. The van der Waals surface area contributed by atoms with Gasteiger partial charge in [0, 0.05) is 12.6 Å². The fourth-order valence-corrected chi connectivity index (χ4v) is 1.50. The van der Waals surface area contributed by atoms with Gasteiger partial charge in [0.2, 0.25) is 5.76 Å². The minimum Gasteiger partial charge on any atom is -0.497 e. The highest BCUT2D eigenvalue weighted by Crippen LogP contribution is 2.11. The summed E-state index contributed by atoms with van der Waals surface area (Å²) in [5.74, 6) is -1.42. The van der Waals surface area contributed by atoms with Crippen molar-refractivity contribution in [3.63, 3.8) is 0 Å². The number of methoxy groups -OCH3 is 1. The van der Waals surface area contributed by atoms with E-state index in [9.17, 15) is 9.59 Å². The molecule has 0 saturated heterocycles. The van der Waals surface area contributed by atoms with Gasteiger partial charge in [0.15, 0.2) is 5.69 Å². The molecule has 0 aliphatic heterocycles. The Labute approximate surface area is 114 Å². The molecule has 1 aromatic heterocycles. The number of nitrogens with zero attached hydrogens (tertiary/aromatic N) is 1. The molecule has 0 unspecified atom stereocenters. The molecule has 0 fully saturated rings. The summed E-state index contributed by atoms with van der Waals surface area (Å²) in [6, 6.07) is 8.25. The van der Waals surface area contributed by atoms with Gasteiger partial charge in [-0.05, 0) is 17.7 Å². The van der Waals surface area contributed by atoms with Gasteiger partial charge in [-0.3, -0.25) is 4.79 Å². The van der Waals surface area contributed by atoms with Gasteiger partial charge in [-0.2, -0.15) is 0 Å². The van der Waals surface area contributed by atoms with Crippen LogP contribution in [0.5, 0.6) is 5.75 Å². The first-order valence-corrected chi connectivity index (χ1v) is 5.71. The lowest BCUT2D eigenvalue weighted by atomic mass is 10.2. The Balaban J connectivity index is 1.95. The second kappa shape index (κ2) is 5.87. The maximum absolute atomic E-state index is 11.7. The van der Waals surface area contributed by atoms with Crippen molar-refractivity contribution in [2.45, 2.75) is 6.54 Å². The van der Waals surface area contributed by atoms with Gasteiger partial charge < -0.3 is 19.7 Å². The molecule has 7 heteroatoms. The summed E-state index contributed by atoms with van der Waals surface area (Å²) >= 11 is 0. The Hall–Kier alpha value is -2.83. The van der Waals surface area contributed by atoms with Crippen LogP contribution in [0.2, 0.25) is 0 Å². The summed E-state index contributed by atoms with van der Waals surface area (Å²) in [4.78, 5) is 22.3. The number of aromatic nitrogens is 1. The van der Waals surface area contributed by atoms with Gasteiger partial charge in [0.1, 0.15) is 5.75 Å². The summed E-state index contributed by atoms with van der Waals surface area (Å²) in [5.41, 5.74) is 0.803. The second-order valence-electron chi connectivity index (χ2n) is 3.91. The van der Waals surface area contributed by atoms with Gasteiger partial charge in [0.25, 0.3) is 5.91 Å². The average Bonchev–Trinajstić information content (AvgIpc) is 2.95. The minimum absolute atomic E-state index is 0.0732. The number of rotatable bonds is 5. The zero-order valence-corrected chi connectivity index (χ0v) is 10.6. The Morgan fingerprint density at radius 2 is 2.05 bits per heavy atom. The molecule has 7 nitrogen and oxygen atoms in total. The van der Waals surface area contributed by atoms with E-state index in [0.29, 0.717) is 0 Å². The number of aromatic carboxylic acids is 1. The van der Waals surface area contributed by atoms with Crippen LogP contribution in [0.1, 0.15) is 26.6 Å². The molecule has 2 rings (SSSR count). The van der Waals surface area contributed by atoms with Crippen molar-refractivity contribution in [1.82, 2.24) is 10.5 Å². The van der Waals surface area contributed by atoms with E-state index >= 15 is 0 Å². The topological polar surface area (TPSA) is 102 Å². The van der Waals surface area contributed by atoms with E-state index in [1.54, 1.807) is 19.2 Å². The Bertz CT molecular complexity index is 618. The van der Waals surface area contributed by atoms with Crippen molar-refractivity contribution in [3.8, 4) is 5.75 Å². The van der Waals surface area contributed by atoms with Crippen molar-refractivity contribution in [1.29, 1.82) is 0 Å². The Morgan fingerprint density at radius 3 is 2.60 bits per heavy atom. The van der Waals surface area contributed by atoms with Gasteiger partial charge in [-0.25, -0.2) is 4.79 Å². The van der Waals surface area contributed by atoms with E-state index in [1.807, 2.05) is 12.1 Å². The fraction of sp³-hybridized carbons (Fsp3) is 0.154. The molecule has 0 radical (unpaired) electrons. The number of hydrogen-bond donors (Lipinski definition) is 2. The maximum atomic E-state index is 11.7. The molecule has 0 atom stereocenters. The quantitative estimate of drug-likeness (QED) is 0.853. The largest absolute Gasteiger partial charge is 0.497 e. The molecule has 104 valence electrons. The molecular formula is C13H12N2O5. The van der Waals surface area contributed by atoms with Crippen LogP contribution in [0.25, 0.3) is 0 Å². The van der Waals surface area contributed by atoms with Crippen molar-refractivity contribution in [3.05, 3.63) is 47.3 Å². The molecule has 1 amide bonds. The summed E-state index contributed by atoms with van der Waals surface area (Å²) < 4.78 is 9.53. The molecule has 2 N–H and O–H groups in total. The summed E-state index contributed by atoms with van der Waals surface area (Å²) in [6.45, 7) is 0.290. The zero-order chi connectivity index (χ0) is 14.5. The molecule has 1 aromatic carbocycles. The van der Waals surface area contributed by atoms with Crippen LogP contribution < -0.4 is 10.1 Å². The van der Waals surface area contributed by atoms with E-state index in [0.717, 1.165) is 17.4 Å². The third kappa shape index (κ3) is 3.14. The highest BCUT2D eigenvalue weighted by Gasteiger charge is 2.16. The average molecular weight is 276 g/mol. The third-order valence-electron chi connectivity index (χ3n) is 2.57. The highest BCUT2D eigenvalue weighted by atomic mass is 16.5. The molecule has 0 bridgehead atoms. The Morgan fingerprint density at radius 1 is 1.35 bits per heavy atom. The van der Waals surface area contributed by atoms with Crippen LogP contribution in [0.4, 0.5) is 0 Å². The highest BCUT2D eigenvalue weighted by molar-refractivity contribution is 5.94. The normalized spacial score (nSPS) is 10.1. The van der Waals surface area contributed by atoms with Crippen molar-refractivity contribution in [2.75, 3.05) is 7.11 Å². The first-order chi connectivity index (χ1) is 9.60. The third-order valence-corrected chi connectivity index (χ3v) is 2.57. The lowest BCUT2D eigenvalue weighted by molar-refractivity contribution is 0.0651. The molecule has 20 heavy (non-hydrogen) atoms. The first kappa shape index (κ1) is 13.6. The smallest absolute Gasteiger partial charge is 0.374 e. The standard InChI is InChI=1S/C13H12N2O5/c1-19-9-4-2-8(3-5-9)7-14-12(16)10-6-11(13(17)18)20-15-10/h2-6H,7H2,1H3,(H,14,16)(H,17,18). The number of carbonyl (C=O) groups is 2. The van der Waals surface area contributed by atoms with Gasteiger partial charge in [-0.1, -0.05) is 17.3 Å². The number of carbonyl (C=O) groups excluding carboxylic acids is 1. The number of carboxylic acid groups (broad SMARTS) is 1.